The standard InChI is InChI=1S/C22H25NO/c1-16-12-14-18(15-13-16)22(24)21-20(17-8-4-2-5-9-17)23(21)19-10-6-3-7-11-19/h2,4-5,8-9,12-15,19-21H,3,6-7,10-11H2,1H3. The molecule has 0 aromatic heterocycles. The van der Waals surface area contributed by atoms with Crippen LogP contribution in [0.1, 0.15) is 59.6 Å². The van der Waals surface area contributed by atoms with Gasteiger partial charge in [-0.1, -0.05) is 79.4 Å². The first-order valence-electron chi connectivity index (χ1n) is 9.19. The SMILES string of the molecule is Cc1ccc(C(=O)C2C(c3ccccc3)N2C2CCCCC2)cc1. The summed E-state index contributed by atoms with van der Waals surface area (Å²) in [5.41, 5.74) is 3.34. The molecule has 1 heterocycles. The molecule has 2 aromatic carbocycles. The number of aryl methyl sites for hydroxylation is 1. The Kier molecular flexibility index (Phi) is 4.24. The molecular formula is C22H25NO. The van der Waals surface area contributed by atoms with Crippen LogP contribution in [-0.4, -0.2) is 22.8 Å². The van der Waals surface area contributed by atoms with E-state index in [1.807, 2.05) is 30.3 Å². The van der Waals surface area contributed by atoms with Crippen molar-refractivity contribution in [2.75, 3.05) is 0 Å². The Labute approximate surface area is 144 Å². The topological polar surface area (TPSA) is 20.1 Å². The van der Waals surface area contributed by atoms with Crippen LogP contribution in [0.25, 0.3) is 0 Å². The minimum absolute atomic E-state index is 0.0261. The van der Waals surface area contributed by atoms with E-state index >= 15 is 0 Å². The molecule has 2 heteroatoms. The molecule has 0 radical (unpaired) electrons. The second-order valence-electron chi connectivity index (χ2n) is 7.27. The van der Waals surface area contributed by atoms with Crippen LogP contribution >= 0.6 is 0 Å². The maximum absolute atomic E-state index is 13.1. The number of nitrogens with zero attached hydrogens (tertiary/aromatic N) is 1. The number of ketones is 1. The van der Waals surface area contributed by atoms with Gasteiger partial charge in [-0.15, -0.1) is 0 Å². The lowest BCUT2D eigenvalue weighted by molar-refractivity contribution is 0.0963. The van der Waals surface area contributed by atoms with Gasteiger partial charge >= 0.3 is 0 Å². The highest BCUT2D eigenvalue weighted by Gasteiger charge is 2.55. The van der Waals surface area contributed by atoms with Crippen molar-refractivity contribution in [3.05, 3.63) is 71.3 Å². The fourth-order valence-electron chi connectivity index (χ4n) is 4.25. The highest BCUT2D eigenvalue weighted by molar-refractivity contribution is 6.02. The molecule has 0 N–H and O–H groups in total. The van der Waals surface area contributed by atoms with Crippen molar-refractivity contribution in [2.24, 2.45) is 0 Å². The summed E-state index contributed by atoms with van der Waals surface area (Å²) >= 11 is 0. The van der Waals surface area contributed by atoms with Crippen LogP contribution in [-0.2, 0) is 0 Å². The third-order valence-electron chi connectivity index (χ3n) is 5.59. The number of hydrogen-bond acceptors (Lipinski definition) is 2. The summed E-state index contributed by atoms with van der Waals surface area (Å²) in [6.45, 7) is 2.06. The molecule has 1 saturated carbocycles. The van der Waals surface area contributed by atoms with E-state index in [9.17, 15) is 4.79 Å². The summed E-state index contributed by atoms with van der Waals surface area (Å²) < 4.78 is 0. The van der Waals surface area contributed by atoms with Gasteiger partial charge in [-0.25, -0.2) is 0 Å². The molecule has 3 unspecified atom stereocenters. The maximum atomic E-state index is 13.1. The summed E-state index contributed by atoms with van der Waals surface area (Å²) in [4.78, 5) is 15.6. The van der Waals surface area contributed by atoms with Gasteiger partial charge in [0.05, 0.1) is 12.1 Å². The van der Waals surface area contributed by atoms with Gasteiger partial charge in [0, 0.05) is 11.6 Å². The molecular weight excluding hydrogens is 294 g/mol. The molecule has 2 nitrogen and oxygen atoms in total. The number of rotatable bonds is 4. The summed E-state index contributed by atoms with van der Waals surface area (Å²) in [5, 5.41) is 0. The van der Waals surface area contributed by atoms with Crippen LogP contribution in [0.4, 0.5) is 0 Å². The van der Waals surface area contributed by atoms with Crippen molar-refractivity contribution < 1.29 is 4.79 Å². The molecule has 1 aliphatic heterocycles. The summed E-state index contributed by atoms with van der Waals surface area (Å²) in [6.07, 6.45) is 6.42. The van der Waals surface area contributed by atoms with Crippen LogP contribution in [0.2, 0.25) is 0 Å². The van der Waals surface area contributed by atoms with Crippen molar-refractivity contribution >= 4 is 5.78 Å². The lowest BCUT2D eigenvalue weighted by Gasteiger charge is -2.24. The Morgan fingerprint density at radius 2 is 1.58 bits per heavy atom. The van der Waals surface area contributed by atoms with E-state index in [1.54, 1.807) is 0 Å². The van der Waals surface area contributed by atoms with E-state index < -0.39 is 0 Å². The highest BCUT2D eigenvalue weighted by atomic mass is 16.1. The number of carbonyl (C=O) groups excluding carboxylic acids is 1. The zero-order chi connectivity index (χ0) is 16.5. The van der Waals surface area contributed by atoms with Crippen molar-refractivity contribution in [2.45, 2.75) is 57.2 Å². The van der Waals surface area contributed by atoms with Crippen molar-refractivity contribution in [3.63, 3.8) is 0 Å². The Morgan fingerprint density at radius 3 is 2.25 bits per heavy atom. The van der Waals surface area contributed by atoms with E-state index in [0.717, 1.165) is 5.56 Å². The summed E-state index contributed by atoms with van der Waals surface area (Å²) in [5.74, 6) is 0.287. The second-order valence-corrected chi connectivity index (χ2v) is 7.27. The van der Waals surface area contributed by atoms with E-state index in [-0.39, 0.29) is 17.9 Å². The summed E-state index contributed by atoms with van der Waals surface area (Å²) in [7, 11) is 0. The second kappa shape index (κ2) is 6.52. The maximum Gasteiger partial charge on any atom is 0.181 e. The van der Waals surface area contributed by atoms with Gasteiger partial charge < -0.3 is 0 Å². The molecule has 124 valence electrons. The molecule has 3 atom stereocenters. The monoisotopic (exact) mass is 319 g/mol. The van der Waals surface area contributed by atoms with Gasteiger partial charge in [-0.2, -0.15) is 0 Å². The van der Waals surface area contributed by atoms with Gasteiger partial charge in [0.1, 0.15) is 0 Å². The third kappa shape index (κ3) is 2.91. The zero-order valence-electron chi connectivity index (χ0n) is 14.3. The van der Waals surface area contributed by atoms with Gasteiger partial charge in [0.15, 0.2) is 5.78 Å². The van der Waals surface area contributed by atoms with Crippen molar-refractivity contribution in [1.82, 2.24) is 4.90 Å². The minimum atomic E-state index is 0.0261. The van der Waals surface area contributed by atoms with E-state index in [0.29, 0.717) is 6.04 Å². The van der Waals surface area contributed by atoms with E-state index in [2.05, 4.69) is 36.1 Å². The van der Waals surface area contributed by atoms with E-state index in [4.69, 9.17) is 0 Å². The van der Waals surface area contributed by atoms with Crippen LogP contribution < -0.4 is 0 Å². The normalized spacial score (nSPS) is 27.0. The molecule has 0 spiro atoms. The van der Waals surface area contributed by atoms with Crippen molar-refractivity contribution in [3.8, 4) is 0 Å². The fraction of sp³-hybridized carbons (Fsp3) is 0.409. The molecule has 0 amide bonds. The lowest BCUT2D eigenvalue weighted by Crippen LogP contribution is -2.26. The van der Waals surface area contributed by atoms with Crippen LogP contribution in [0, 0.1) is 6.92 Å². The number of Topliss-reactive ketones (excluding diaryl/α,β-unsaturated/α-hetero) is 1. The van der Waals surface area contributed by atoms with E-state index in [1.165, 1.54) is 43.2 Å². The molecule has 2 fully saturated rings. The smallest absolute Gasteiger partial charge is 0.181 e. The molecule has 2 aromatic rings. The fourth-order valence-corrected chi connectivity index (χ4v) is 4.25. The molecule has 4 rings (SSSR count). The van der Waals surface area contributed by atoms with Gasteiger partial charge in [0.25, 0.3) is 0 Å². The number of benzene rings is 2. The lowest BCUT2D eigenvalue weighted by atomic mass is 9.95. The first kappa shape index (κ1) is 15.6. The van der Waals surface area contributed by atoms with Gasteiger partial charge in [0.2, 0.25) is 0 Å². The number of hydrogen-bond donors (Lipinski definition) is 0. The summed E-state index contributed by atoms with van der Waals surface area (Å²) in [6, 6.07) is 19.5. The van der Waals surface area contributed by atoms with Gasteiger partial charge in [-0.05, 0) is 25.3 Å². The van der Waals surface area contributed by atoms with Crippen LogP contribution in [0.5, 0.6) is 0 Å². The Morgan fingerprint density at radius 1 is 0.917 bits per heavy atom. The quantitative estimate of drug-likeness (QED) is 0.588. The average molecular weight is 319 g/mol. The highest BCUT2D eigenvalue weighted by Crippen LogP contribution is 2.49. The molecule has 2 aliphatic rings. The molecule has 0 bridgehead atoms. The predicted molar refractivity (Wildman–Crippen MR) is 97.2 cm³/mol. The van der Waals surface area contributed by atoms with Crippen LogP contribution in [0.15, 0.2) is 54.6 Å². The average Bonchev–Trinajstić information content (AvgIpc) is 3.39. The first-order chi connectivity index (χ1) is 11.8. The minimum Gasteiger partial charge on any atom is -0.292 e. The largest absolute Gasteiger partial charge is 0.292 e. The van der Waals surface area contributed by atoms with Gasteiger partial charge in [-0.3, -0.25) is 9.69 Å². The Bertz CT molecular complexity index is 701. The predicted octanol–water partition coefficient (Wildman–Crippen LogP) is 4.94. The van der Waals surface area contributed by atoms with Crippen molar-refractivity contribution in [1.29, 1.82) is 0 Å². The Hall–Kier alpha value is -1.93. The molecule has 24 heavy (non-hydrogen) atoms. The first-order valence-corrected chi connectivity index (χ1v) is 9.19. The third-order valence-corrected chi connectivity index (χ3v) is 5.59. The Balaban J connectivity index is 1.61. The molecule has 1 aliphatic carbocycles. The zero-order valence-corrected chi connectivity index (χ0v) is 14.3. The molecule has 1 saturated heterocycles. The number of carbonyl (C=O) groups is 1. The van der Waals surface area contributed by atoms with Crippen LogP contribution in [0.3, 0.4) is 0 Å².